The average Bonchev–Trinajstić information content (AvgIpc) is 3.79. The van der Waals surface area contributed by atoms with Crippen LogP contribution in [0.2, 0.25) is 0 Å². The van der Waals surface area contributed by atoms with Gasteiger partial charge in [0.1, 0.15) is 24.2 Å². The van der Waals surface area contributed by atoms with Crippen molar-refractivity contribution in [1.29, 1.82) is 0 Å². The predicted molar refractivity (Wildman–Crippen MR) is 214 cm³/mol. The third kappa shape index (κ3) is 13.2. The zero-order valence-electron chi connectivity index (χ0n) is 32.5. The molecule has 16 heteroatoms. The number of likely N-dealkylation sites (N-methyl/N-ethyl adjacent to an activating group) is 1. The van der Waals surface area contributed by atoms with Crippen molar-refractivity contribution < 1.29 is 38.7 Å². The van der Waals surface area contributed by atoms with Crippen molar-refractivity contribution in [2.24, 2.45) is 5.73 Å². The van der Waals surface area contributed by atoms with Crippen LogP contribution in [-0.2, 0) is 46.4 Å². The number of amides is 6. The molecule has 0 spiro atoms. The van der Waals surface area contributed by atoms with Gasteiger partial charge in [0.2, 0.25) is 35.4 Å². The lowest BCUT2D eigenvalue weighted by atomic mass is 10.0. The Morgan fingerprint density at radius 2 is 1.07 bits per heavy atom. The van der Waals surface area contributed by atoms with E-state index in [2.05, 4.69) is 43.5 Å². The molecule has 0 aliphatic carbocycles. The monoisotopic (exact) mass is 786 g/mol. The Balaban J connectivity index is 1.60. The SMILES string of the molecule is CCCCCCCCCC(=O)NC(Cc1c[nH]c2ccccc12)C(=O)NC(Cc1c[nH]c2ccccc12)C(=O)NC(CC(N)=O)C(=O)NC(CC(=O)O)C(=O)NC. The maximum Gasteiger partial charge on any atom is 0.305 e. The molecule has 6 amide bonds. The summed E-state index contributed by atoms with van der Waals surface area (Å²) >= 11 is 0. The Bertz CT molecular complexity index is 2020. The average molecular weight is 787 g/mol. The summed E-state index contributed by atoms with van der Waals surface area (Å²) in [4.78, 5) is 97.4. The fraction of sp³-hybridized carbons (Fsp3) is 0.439. The summed E-state index contributed by atoms with van der Waals surface area (Å²) in [6, 6.07) is 9.27. The molecule has 2 heterocycles. The van der Waals surface area contributed by atoms with Gasteiger partial charge < -0.3 is 47.4 Å². The summed E-state index contributed by atoms with van der Waals surface area (Å²) < 4.78 is 0. The molecule has 57 heavy (non-hydrogen) atoms. The van der Waals surface area contributed by atoms with E-state index in [1.165, 1.54) is 13.5 Å². The minimum Gasteiger partial charge on any atom is -0.481 e. The number of unbranched alkanes of at least 4 members (excludes halogenated alkanes) is 6. The van der Waals surface area contributed by atoms with Crippen molar-refractivity contribution in [3.63, 3.8) is 0 Å². The normalized spacial score (nSPS) is 13.2. The van der Waals surface area contributed by atoms with Crippen LogP contribution in [0.4, 0.5) is 0 Å². The van der Waals surface area contributed by atoms with Crippen LogP contribution >= 0.6 is 0 Å². The van der Waals surface area contributed by atoms with Crippen LogP contribution in [0.3, 0.4) is 0 Å². The Kier molecular flexibility index (Phi) is 16.6. The minimum atomic E-state index is -1.64. The van der Waals surface area contributed by atoms with E-state index < -0.39 is 72.5 Å². The number of carbonyl (C=O) groups excluding carboxylic acids is 6. The van der Waals surface area contributed by atoms with Gasteiger partial charge in [0.25, 0.3) is 0 Å². The molecule has 0 fully saturated rings. The van der Waals surface area contributed by atoms with Gasteiger partial charge in [-0.25, -0.2) is 0 Å². The predicted octanol–water partition coefficient (Wildman–Crippen LogP) is 2.61. The van der Waals surface area contributed by atoms with Gasteiger partial charge in [-0.2, -0.15) is 0 Å². The zero-order valence-corrected chi connectivity index (χ0v) is 32.5. The number of rotatable bonds is 24. The molecule has 0 saturated carbocycles. The number of benzene rings is 2. The maximum absolute atomic E-state index is 14.3. The van der Waals surface area contributed by atoms with Crippen molar-refractivity contribution in [2.75, 3.05) is 7.05 Å². The van der Waals surface area contributed by atoms with E-state index >= 15 is 0 Å². The number of H-pyrrole nitrogens is 2. The molecule has 10 N–H and O–H groups in total. The standard InChI is InChI=1S/C41H54N8O8/c1-3-4-5-6-7-8-9-18-36(51)46-31(19-25-23-44-29-16-12-10-14-27(25)29)39(55)47-32(20-26-24-45-30-17-13-11-15-28(26)30)40(56)48-33(21-35(42)50)41(57)49-34(22-37(52)53)38(54)43-2/h10-17,23-24,31-34,44-45H,3-9,18-22H2,1-2H3,(H2,42,50)(H,43,54)(H,46,51)(H,47,55)(H,48,56)(H,49,57)(H,52,53). The topological polar surface area (TPSA) is 257 Å². The summed E-state index contributed by atoms with van der Waals surface area (Å²) in [7, 11) is 1.26. The van der Waals surface area contributed by atoms with E-state index in [1.54, 1.807) is 12.4 Å². The van der Waals surface area contributed by atoms with E-state index in [0.29, 0.717) is 12.0 Å². The third-order valence-corrected chi connectivity index (χ3v) is 9.79. The highest BCUT2D eigenvalue weighted by atomic mass is 16.4. The highest BCUT2D eigenvalue weighted by molar-refractivity contribution is 5.98. The quantitative estimate of drug-likeness (QED) is 0.0476. The fourth-order valence-electron chi connectivity index (χ4n) is 6.75. The lowest BCUT2D eigenvalue weighted by molar-refractivity contribution is -0.141. The van der Waals surface area contributed by atoms with Crippen molar-refractivity contribution in [3.8, 4) is 0 Å². The fourth-order valence-corrected chi connectivity index (χ4v) is 6.75. The number of aromatic amines is 2. The van der Waals surface area contributed by atoms with Crippen LogP contribution in [0.1, 0.15) is 82.3 Å². The molecule has 2 aromatic carbocycles. The van der Waals surface area contributed by atoms with Crippen molar-refractivity contribution in [1.82, 2.24) is 36.6 Å². The van der Waals surface area contributed by atoms with Gasteiger partial charge in [0.15, 0.2) is 0 Å². The van der Waals surface area contributed by atoms with Crippen LogP contribution in [0.5, 0.6) is 0 Å². The molecule has 4 atom stereocenters. The Labute approximate surface area is 330 Å². The van der Waals surface area contributed by atoms with E-state index in [-0.39, 0.29) is 25.2 Å². The minimum absolute atomic E-state index is 0.0713. The first-order chi connectivity index (χ1) is 27.4. The second kappa shape index (κ2) is 21.8. The molecular weight excluding hydrogens is 732 g/mol. The maximum atomic E-state index is 14.3. The number of fused-ring (bicyclic) bond motifs is 2. The van der Waals surface area contributed by atoms with Gasteiger partial charge >= 0.3 is 5.97 Å². The first-order valence-electron chi connectivity index (χ1n) is 19.4. The third-order valence-electron chi connectivity index (χ3n) is 9.79. The number of carboxylic acids is 1. The summed E-state index contributed by atoms with van der Waals surface area (Å²) in [6.45, 7) is 2.15. The molecule has 4 unspecified atom stereocenters. The summed E-state index contributed by atoms with van der Waals surface area (Å²) in [6.07, 6.45) is 9.34. The molecule has 4 aromatic rings. The molecule has 0 saturated heterocycles. The number of nitrogens with two attached hydrogens (primary N) is 1. The van der Waals surface area contributed by atoms with Crippen LogP contribution in [0.15, 0.2) is 60.9 Å². The van der Waals surface area contributed by atoms with Crippen LogP contribution in [0.25, 0.3) is 21.8 Å². The van der Waals surface area contributed by atoms with E-state index in [9.17, 15) is 38.7 Å². The number of carbonyl (C=O) groups is 7. The Hall–Kier alpha value is -6.19. The number of aromatic nitrogens is 2. The smallest absolute Gasteiger partial charge is 0.305 e. The number of aliphatic carboxylic acids is 1. The van der Waals surface area contributed by atoms with Gasteiger partial charge in [-0.3, -0.25) is 33.6 Å². The number of primary amides is 1. The van der Waals surface area contributed by atoms with E-state index in [0.717, 1.165) is 59.5 Å². The van der Waals surface area contributed by atoms with Crippen molar-refractivity contribution in [3.05, 3.63) is 72.1 Å². The Morgan fingerprint density at radius 1 is 0.614 bits per heavy atom. The van der Waals surface area contributed by atoms with Crippen molar-refractivity contribution in [2.45, 2.75) is 108 Å². The molecule has 16 nitrogen and oxygen atoms in total. The molecule has 0 bridgehead atoms. The van der Waals surface area contributed by atoms with E-state index in [4.69, 9.17) is 5.73 Å². The van der Waals surface area contributed by atoms with Gasteiger partial charge in [-0.1, -0.05) is 81.8 Å². The molecular formula is C41H54N8O8. The molecule has 0 aliphatic rings. The molecule has 0 radical (unpaired) electrons. The van der Waals surface area contributed by atoms with Gasteiger partial charge in [0.05, 0.1) is 12.8 Å². The summed E-state index contributed by atoms with van der Waals surface area (Å²) in [5, 5.41) is 23.6. The molecule has 0 aliphatic heterocycles. The number of para-hydroxylation sites is 2. The first-order valence-corrected chi connectivity index (χ1v) is 19.4. The van der Waals surface area contributed by atoms with Crippen molar-refractivity contribution >= 4 is 63.2 Å². The van der Waals surface area contributed by atoms with Crippen LogP contribution in [-0.4, -0.2) is 87.7 Å². The molecule has 4 rings (SSSR count). The molecule has 306 valence electrons. The van der Waals surface area contributed by atoms with Gasteiger partial charge in [-0.05, 0) is 29.7 Å². The lowest BCUT2D eigenvalue weighted by Gasteiger charge is -2.26. The Morgan fingerprint density at radius 3 is 1.58 bits per heavy atom. The largest absolute Gasteiger partial charge is 0.481 e. The van der Waals surface area contributed by atoms with E-state index in [1.807, 2.05) is 48.5 Å². The number of hydrogen-bond acceptors (Lipinski definition) is 7. The second-order valence-corrected chi connectivity index (χ2v) is 14.2. The first kappa shape index (κ1) is 43.5. The van der Waals surface area contributed by atoms with Crippen LogP contribution < -0.4 is 32.3 Å². The number of nitrogens with one attached hydrogen (secondary N) is 7. The number of carboxylic acid groups (broad SMARTS) is 1. The summed E-state index contributed by atoms with van der Waals surface area (Å²) in [5.74, 6) is -6.04. The second-order valence-electron chi connectivity index (χ2n) is 14.2. The molecule has 2 aromatic heterocycles. The highest BCUT2D eigenvalue weighted by Gasteiger charge is 2.33. The van der Waals surface area contributed by atoms with Gasteiger partial charge in [0, 0.05) is 60.5 Å². The van der Waals surface area contributed by atoms with Gasteiger partial charge in [-0.15, -0.1) is 0 Å². The number of hydrogen-bond donors (Lipinski definition) is 9. The lowest BCUT2D eigenvalue weighted by Crippen LogP contribution is -2.59. The zero-order chi connectivity index (χ0) is 41.3. The highest BCUT2D eigenvalue weighted by Crippen LogP contribution is 2.21. The van der Waals surface area contributed by atoms with Crippen LogP contribution in [0, 0.1) is 0 Å². The summed E-state index contributed by atoms with van der Waals surface area (Å²) in [5.41, 5.74) is 8.48.